The van der Waals surface area contributed by atoms with Crippen LogP contribution in [0.15, 0.2) is 18.2 Å². The highest BCUT2D eigenvalue weighted by molar-refractivity contribution is 6.88. The Labute approximate surface area is 115 Å². The van der Waals surface area contributed by atoms with Crippen LogP contribution in [0, 0.1) is 13.8 Å². The molecule has 1 saturated heterocycles. The van der Waals surface area contributed by atoms with Crippen LogP contribution in [-0.4, -0.2) is 35.0 Å². The van der Waals surface area contributed by atoms with Gasteiger partial charge < -0.3 is 4.72 Å². The van der Waals surface area contributed by atoms with Crippen LogP contribution in [0.5, 0.6) is 0 Å². The Bertz CT molecular complexity index is 438. The van der Waals surface area contributed by atoms with Crippen molar-refractivity contribution in [3.8, 4) is 0 Å². The number of aryl methyl sites for hydroxylation is 2. The maximum atomic E-state index is 2.56. The minimum atomic E-state index is 0.649. The van der Waals surface area contributed by atoms with E-state index in [9.17, 15) is 0 Å². The standard InChI is InChI=1S/C14H23B2NSi/c1-10-7-8-13(11(2)9-10)14-16(5)17(6)15(4)12(3)18-14/h7-9,12,14H,1-6H3. The molecule has 0 bridgehead atoms. The summed E-state index contributed by atoms with van der Waals surface area (Å²) >= 11 is 0. The van der Waals surface area contributed by atoms with Gasteiger partial charge in [-0.05, 0) is 31.9 Å². The van der Waals surface area contributed by atoms with Crippen LogP contribution in [-0.2, 0) is 0 Å². The first kappa shape index (κ1) is 13.9. The first-order valence-electron chi connectivity index (χ1n) is 6.97. The van der Waals surface area contributed by atoms with E-state index in [1.165, 1.54) is 11.1 Å². The van der Waals surface area contributed by atoms with Crippen LogP contribution >= 0.6 is 0 Å². The van der Waals surface area contributed by atoms with Crippen LogP contribution in [0.1, 0.15) is 29.1 Å². The van der Waals surface area contributed by atoms with E-state index < -0.39 is 0 Å². The monoisotopic (exact) mass is 255 g/mol. The van der Waals surface area contributed by atoms with Gasteiger partial charge in [0.15, 0.2) is 0 Å². The Kier molecular flexibility index (Phi) is 4.07. The summed E-state index contributed by atoms with van der Waals surface area (Å²) in [7, 11) is 3.33. The Morgan fingerprint density at radius 1 is 1.17 bits per heavy atom. The van der Waals surface area contributed by atoms with Crippen molar-refractivity contribution in [3.05, 3.63) is 34.9 Å². The molecule has 1 heterocycles. The van der Waals surface area contributed by atoms with Crippen LogP contribution in [0.25, 0.3) is 0 Å². The summed E-state index contributed by atoms with van der Waals surface area (Å²) in [6, 6.07) is 6.95. The summed E-state index contributed by atoms with van der Waals surface area (Å²) in [4.78, 5) is 0. The third-order valence-electron chi connectivity index (χ3n) is 4.69. The van der Waals surface area contributed by atoms with Gasteiger partial charge in [0.2, 0.25) is 13.7 Å². The molecule has 0 amide bonds. The maximum absolute atomic E-state index is 2.56. The fourth-order valence-corrected chi connectivity index (χ4v) is 5.14. The number of benzene rings is 1. The summed E-state index contributed by atoms with van der Waals surface area (Å²) in [6.45, 7) is 13.0. The largest absolute Gasteiger partial charge is 0.387 e. The van der Waals surface area contributed by atoms with E-state index in [4.69, 9.17) is 0 Å². The molecule has 18 heavy (non-hydrogen) atoms. The molecule has 2 atom stereocenters. The van der Waals surface area contributed by atoms with E-state index in [2.05, 4.69) is 64.4 Å². The van der Waals surface area contributed by atoms with E-state index in [1.54, 1.807) is 5.56 Å². The molecule has 1 aromatic rings. The van der Waals surface area contributed by atoms with E-state index in [0.29, 0.717) is 19.1 Å². The second-order valence-electron chi connectivity index (χ2n) is 5.94. The normalized spacial score (nSPS) is 25.7. The van der Waals surface area contributed by atoms with Crippen molar-refractivity contribution in [2.24, 2.45) is 0 Å². The zero-order chi connectivity index (χ0) is 13.4. The highest BCUT2D eigenvalue weighted by Gasteiger charge is 2.40. The molecule has 0 N–H and O–H groups in total. The third-order valence-corrected chi connectivity index (χ3v) is 6.85. The number of rotatable bonds is 1. The number of hydrogen-bond donors (Lipinski definition) is 0. The molecule has 0 aliphatic carbocycles. The summed E-state index contributed by atoms with van der Waals surface area (Å²) in [5.74, 6) is 0. The summed E-state index contributed by atoms with van der Waals surface area (Å²) in [5.41, 5.74) is 5.92. The fraction of sp³-hybridized carbons (Fsp3) is 0.571. The average Bonchev–Trinajstić information content (AvgIpc) is 2.32. The lowest BCUT2D eigenvalue weighted by Gasteiger charge is -2.42. The second-order valence-corrected chi connectivity index (χ2v) is 7.81. The maximum Gasteiger partial charge on any atom is 0.212 e. The molecule has 0 spiro atoms. The molecule has 1 fully saturated rings. The first-order valence-corrected chi connectivity index (χ1v) is 8.12. The Balaban J connectivity index is 2.32. The van der Waals surface area contributed by atoms with Gasteiger partial charge in [-0.2, -0.15) is 0 Å². The molecule has 94 valence electrons. The van der Waals surface area contributed by atoms with Crippen molar-refractivity contribution in [1.29, 1.82) is 0 Å². The quantitative estimate of drug-likeness (QED) is 0.697. The van der Waals surface area contributed by atoms with Crippen molar-refractivity contribution in [3.63, 3.8) is 0 Å². The Morgan fingerprint density at radius 3 is 2.44 bits per heavy atom. The van der Waals surface area contributed by atoms with Gasteiger partial charge in [0, 0.05) is 9.52 Å². The molecule has 1 aromatic carbocycles. The van der Waals surface area contributed by atoms with Crippen molar-refractivity contribution < 1.29 is 0 Å². The minimum absolute atomic E-state index is 0.649. The van der Waals surface area contributed by atoms with Gasteiger partial charge in [-0.25, -0.2) is 0 Å². The molecule has 0 saturated carbocycles. The van der Waals surface area contributed by atoms with Gasteiger partial charge in [0.25, 0.3) is 0 Å². The molecule has 0 aromatic heterocycles. The van der Waals surface area contributed by atoms with Gasteiger partial charge >= 0.3 is 0 Å². The minimum Gasteiger partial charge on any atom is -0.387 e. The van der Waals surface area contributed by atoms with Crippen molar-refractivity contribution >= 4 is 23.2 Å². The topological polar surface area (TPSA) is 3.24 Å². The Hall–Kier alpha value is -0.473. The molecule has 2 rings (SSSR count). The predicted molar refractivity (Wildman–Crippen MR) is 84.8 cm³/mol. The van der Waals surface area contributed by atoms with E-state index in [0.717, 1.165) is 15.0 Å². The lowest BCUT2D eigenvalue weighted by molar-refractivity contribution is 0.757. The van der Waals surface area contributed by atoms with Crippen molar-refractivity contribution in [1.82, 2.24) is 4.72 Å². The van der Waals surface area contributed by atoms with Gasteiger partial charge in [-0.15, -0.1) is 0 Å². The van der Waals surface area contributed by atoms with Gasteiger partial charge in [-0.1, -0.05) is 55.3 Å². The number of hydrogen-bond acceptors (Lipinski definition) is 1. The van der Waals surface area contributed by atoms with Gasteiger partial charge in [-0.3, -0.25) is 0 Å². The van der Waals surface area contributed by atoms with E-state index >= 15 is 0 Å². The molecule has 2 radical (unpaired) electrons. The van der Waals surface area contributed by atoms with Crippen molar-refractivity contribution in [2.75, 3.05) is 7.05 Å². The van der Waals surface area contributed by atoms with E-state index in [1.807, 2.05) is 0 Å². The lowest BCUT2D eigenvalue weighted by Crippen LogP contribution is -2.56. The van der Waals surface area contributed by atoms with E-state index in [-0.39, 0.29) is 0 Å². The smallest absolute Gasteiger partial charge is 0.212 e. The zero-order valence-corrected chi connectivity index (χ0v) is 13.5. The molecule has 4 heteroatoms. The van der Waals surface area contributed by atoms with Crippen LogP contribution < -0.4 is 0 Å². The molecule has 1 aliphatic rings. The Morgan fingerprint density at radius 2 is 1.83 bits per heavy atom. The molecular weight excluding hydrogens is 232 g/mol. The second kappa shape index (κ2) is 5.26. The third kappa shape index (κ3) is 2.46. The molecule has 1 aliphatic heterocycles. The SMILES string of the molecule is CB1C(C)[Si]C(c2ccc(C)cc2C)B(C)N1C. The zero-order valence-electron chi connectivity index (χ0n) is 12.5. The highest BCUT2D eigenvalue weighted by atomic mass is 28.2. The van der Waals surface area contributed by atoms with Gasteiger partial charge in [0.1, 0.15) is 0 Å². The average molecular weight is 255 g/mol. The lowest BCUT2D eigenvalue weighted by atomic mass is 9.44. The fourth-order valence-electron chi connectivity index (χ4n) is 3.04. The van der Waals surface area contributed by atoms with Crippen LogP contribution in [0.2, 0.25) is 19.1 Å². The van der Waals surface area contributed by atoms with Gasteiger partial charge in [0.05, 0.1) is 0 Å². The molecule has 1 nitrogen and oxygen atoms in total. The van der Waals surface area contributed by atoms with Crippen molar-refractivity contribution in [2.45, 2.75) is 45.3 Å². The van der Waals surface area contributed by atoms with Crippen LogP contribution in [0.4, 0.5) is 0 Å². The summed E-state index contributed by atoms with van der Waals surface area (Å²) < 4.78 is 2.56. The van der Waals surface area contributed by atoms with Crippen LogP contribution in [0.3, 0.4) is 0 Å². The summed E-state index contributed by atoms with van der Waals surface area (Å²) in [6.07, 6.45) is 0. The molecule has 2 unspecified atom stereocenters. The highest BCUT2D eigenvalue weighted by Crippen LogP contribution is 2.32. The first-order chi connectivity index (χ1) is 8.41. The predicted octanol–water partition coefficient (Wildman–Crippen LogP) is 3.12. The number of nitrogens with zero attached hydrogens (tertiary/aromatic N) is 1. The summed E-state index contributed by atoms with van der Waals surface area (Å²) in [5, 5.41) is 0. The molecular formula is C14H23B2NSi.